The standard InChI is InChI=1S/C14H11N3O2/c18-8-10-1-4-15-7-13(10)19-9-11-2-5-16-14-12(11)3-6-17-14/h1-8H,9H2,(H,16,17). The van der Waals surface area contributed by atoms with Gasteiger partial charge in [-0.2, -0.15) is 0 Å². The summed E-state index contributed by atoms with van der Waals surface area (Å²) < 4.78 is 5.66. The Hall–Kier alpha value is -2.69. The zero-order valence-corrected chi connectivity index (χ0v) is 10.0. The Morgan fingerprint density at radius 1 is 1.26 bits per heavy atom. The van der Waals surface area contributed by atoms with Crippen molar-refractivity contribution in [2.75, 3.05) is 0 Å². The van der Waals surface area contributed by atoms with Crippen molar-refractivity contribution in [3.63, 3.8) is 0 Å². The van der Waals surface area contributed by atoms with Crippen LogP contribution in [0, 0.1) is 0 Å². The first-order valence-electron chi connectivity index (χ1n) is 5.81. The molecule has 0 spiro atoms. The Kier molecular flexibility index (Phi) is 2.94. The monoisotopic (exact) mass is 253 g/mol. The highest BCUT2D eigenvalue weighted by molar-refractivity contribution is 5.80. The summed E-state index contributed by atoms with van der Waals surface area (Å²) in [7, 11) is 0. The fourth-order valence-corrected chi connectivity index (χ4v) is 1.91. The smallest absolute Gasteiger partial charge is 0.153 e. The largest absolute Gasteiger partial charge is 0.487 e. The summed E-state index contributed by atoms with van der Waals surface area (Å²) in [6, 6.07) is 5.47. The molecule has 0 bridgehead atoms. The van der Waals surface area contributed by atoms with Gasteiger partial charge in [0.15, 0.2) is 6.29 Å². The highest BCUT2D eigenvalue weighted by Crippen LogP contribution is 2.19. The third-order valence-electron chi connectivity index (χ3n) is 2.88. The van der Waals surface area contributed by atoms with Crippen LogP contribution in [0.1, 0.15) is 15.9 Å². The molecule has 0 radical (unpaired) electrons. The van der Waals surface area contributed by atoms with Gasteiger partial charge in [0.05, 0.1) is 11.8 Å². The maximum atomic E-state index is 10.9. The summed E-state index contributed by atoms with van der Waals surface area (Å²) in [6.45, 7) is 0.364. The number of ether oxygens (including phenoxy) is 1. The molecule has 3 rings (SSSR count). The van der Waals surface area contributed by atoms with Crippen LogP contribution in [-0.2, 0) is 6.61 Å². The Balaban J connectivity index is 1.86. The predicted octanol–water partition coefficient (Wildman–Crippen LogP) is 2.35. The molecule has 94 valence electrons. The van der Waals surface area contributed by atoms with Gasteiger partial charge in [-0.3, -0.25) is 9.78 Å². The van der Waals surface area contributed by atoms with E-state index in [1.165, 1.54) is 0 Å². The number of aldehydes is 1. The van der Waals surface area contributed by atoms with Crippen LogP contribution in [0.25, 0.3) is 11.0 Å². The van der Waals surface area contributed by atoms with Crippen molar-refractivity contribution in [3.8, 4) is 5.75 Å². The molecule has 0 aliphatic carbocycles. The number of H-pyrrole nitrogens is 1. The van der Waals surface area contributed by atoms with E-state index in [0.717, 1.165) is 22.9 Å². The Bertz CT molecular complexity index is 721. The van der Waals surface area contributed by atoms with Gasteiger partial charge >= 0.3 is 0 Å². The molecule has 0 unspecified atom stereocenters. The molecule has 3 heterocycles. The van der Waals surface area contributed by atoms with Crippen molar-refractivity contribution >= 4 is 17.3 Å². The zero-order valence-electron chi connectivity index (χ0n) is 10.0. The maximum Gasteiger partial charge on any atom is 0.153 e. The van der Waals surface area contributed by atoms with Crippen molar-refractivity contribution in [3.05, 3.63) is 54.1 Å². The molecule has 0 fully saturated rings. The topological polar surface area (TPSA) is 67.9 Å². The molecule has 0 saturated heterocycles. The van der Waals surface area contributed by atoms with Gasteiger partial charge in [0.2, 0.25) is 0 Å². The van der Waals surface area contributed by atoms with Gasteiger partial charge < -0.3 is 9.72 Å². The second-order valence-electron chi connectivity index (χ2n) is 4.03. The molecule has 5 heteroatoms. The molecule has 0 aliphatic rings. The van der Waals surface area contributed by atoms with E-state index in [2.05, 4.69) is 15.0 Å². The van der Waals surface area contributed by atoms with E-state index in [9.17, 15) is 4.79 Å². The minimum absolute atomic E-state index is 0.364. The summed E-state index contributed by atoms with van der Waals surface area (Å²) >= 11 is 0. The molecule has 0 amide bonds. The van der Waals surface area contributed by atoms with Crippen molar-refractivity contribution in [1.82, 2.24) is 15.0 Å². The van der Waals surface area contributed by atoms with Crippen LogP contribution in [0.5, 0.6) is 5.75 Å². The minimum atomic E-state index is 0.364. The van der Waals surface area contributed by atoms with Gasteiger partial charge in [-0.05, 0) is 18.2 Å². The normalized spacial score (nSPS) is 10.5. The van der Waals surface area contributed by atoms with Gasteiger partial charge in [0.1, 0.15) is 18.0 Å². The molecule has 0 aromatic carbocycles. The molecule has 19 heavy (non-hydrogen) atoms. The number of carbonyl (C=O) groups is 1. The molecule has 0 atom stereocenters. The zero-order chi connectivity index (χ0) is 13.1. The van der Waals surface area contributed by atoms with E-state index in [1.807, 2.05) is 18.3 Å². The molecule has 0 aliphatic heterocycles. The molecular weight excluding hydrogens is 242 g/mol. The first kappa shape index (κ1) is 11.4. The van der Waals surface area contributed by atoms with Crippen LogP contribution in [0.2, 0.25) is 0 Å². The molecule has 1 N–H and O–H groups in total. The Morgan fingerprint density at radius 2 is 2.21 bits per heavy atom. The summed E-state index contributed by atoms with van der Waals surface area (Å²) in [5.41, 5.74) is 2.32. The third kappa shape index (κ3) is 2.18. The van der Waals surface area contributed by atoms with Crippen molar-refractivity contribution in [2.45, 2.75) is 6.61 Å². The number of fused-ring (bicyclic) bond motifs is 1. The predicted molar refractivity (Wildman–Crippen MR) is 70.1 cm³/mol. The SMILES string of the molecule is O=Cc1ccncc1OCc1ccnc2[nH]ccc12. The maximum absolute atomic E-state index is 10.9. The van der Waals surface area contributed by atoms with Crippen molar-refractivity contribution < 1.29 is 9.53 Å². The van der Waals surface area contributed by atoms with E-state index in [-0.39, 0.29) is 0 Å². The number of rotatable bonds is 4. The van der Waals surface area contributed by atoms with E-state index >= 15 is 0 Å². The number of aromatic nitrogens is 3. The first-order valence-corrected chi connectivity index (χ1v) is 5.81. The molecule has 0 saturated carbocycles. The third-order valence-corrected chi connectivity index (χ3v) is 2.88. The van der Waals surface area contributed by atoms with Gasteiger partial charge in [0, 0.05) is 29.5 Å². The van der Waals surface area contributed by atoms with Crippen LogP contribution >= 0.6 is 0 Å². The second-order valence-corrected chi connectivity index (χ2v) is 4.03. The molecular formula is C14H11N3O2. The number of pyridine rings is 2. The van der Waals surface area contributed by atoms with Gasteiger partial charge in [-0.25, -0.2) is 4.98 Å². The molecule has 3 aromatic rings. The fourth-order valence-electron chi connectivity index (χ4n) is 1.91. The number of nitrogens with zero attached hydrogens (tertiary/aromatic N) is 2. The van der Waals surface area contributed by atoms with Gasteiger partial charge in [0.25, 0.3) is 0 Å². The summed E-state index contributed by atoms with van der Waals surface area (Å²) in [4.78, 5) is 22.1. The average molecular weight is 253 g/mol. The Labute approximate surface area is 109 Å². The van der Waals surface area contributed by atoms with Crippen molar-refractivity contribution in [1.29, 1.82) is 0 Å². The van der Waals surface area contributed by atoms with Crippen molar-refractivity contribution in [2.24, 2.45) is 0 Å². The number of carbonyl (C=O) groups excluding carboxylic acids is 1. The highest BCUT2D eigenvalue weighted by atomic mass is 16.5. The molecule has 5 nitrogen and oxygen atoms in total. The lowest BCUT2D eigenvalue weighted by Gasteiger charge is -2.08. The van der Waals surface area contributed by atoms with Gasteiger partial charge in [-0.1, -0.05) is 0 Å². The lowest BCUT2D eigenvalue weighted by atomic mass is 10.2. The van der Waals surface area contributed by atoms with E-state index in [4.69, 9.17) is 4.74 Å². The second kappa shape index (κ2) is 4.89. The summed E-state index contributed by atoms with van der Waals surface area (Å²) in [5.74, 6) is 0.484. The Morgan fingerprint density at radius 3 is 3.11 bits per heavy atom. The summed E-state index contributed by atoms with van der Waals surface area (Å²) in [5, 5.41) is 1.01. The first-order chi connectivity index (χ1) is 9.38. The van der Waals surface area contributed by atoms with E-state index in [1.54, 1.807) is 24.7 Å². The van der Waals surface area contributed by atoms with E-state index in [0.29, 0.717) is 17.9 Å². The van der Waals surface area contributed by atoms with Crippen LogP contribution in [-0.4, -0.2) is 21.2 Å². The van der Waals surface area contributed by atoms with Crippen LogP contribution < -0.4 is 4.74 Å². The lowest BCUT2D eigenvalue weighted by molar-refractivity contribution is 0.111. The van der Waals surface area contributed by atoms with Crippen LogP contribution in [0.3, 0.4) is 0 Å². The quantitative estimate of drug-likeness (QED) is 0.725. The lowest BCUT2D eigenvalue weighted by Crippen LogP contribution is -1.99. The van der Waals surface area contributed by atoms with Crippen LogP contribution in [0.15, 0.2) is 43.0 Å². The number of hydrogen-bond donors (Lipinski definition) is 1. The number of aromatic amines is 1. The summed E-state index contributed by atoms with van der Waals surface area (Å²) in [6.07, 6.45) is 7.42. The highest BCUT2D eigenvalue weighted by Gasteiger charge is 2.06. The fraction of sp³-hybridized carbons (Fsp3) is 0.0714. The van der Waals surface area contributed by atoms with Crippen LogP contribution in [0.4, 0.5) is 0 Å². The minimum Gasteiger partial charge on any atom is -0.487 e. The number of hydrogen-bond acceptors (Lipinski definition) is 4. The molecule has 3 aromatic heterocycles. The van der Waals surface area contributed by atoms with Gasteiger partial charge in [-0.15, -0.1) is 0 Å². The number of nitrogens with one attached hydrogen (secondary N) is 1. The van der Waals surface area contributed by atoms with E-state index < -0.39 is 0 Å². The average Bonchev–Trinajstić information content (AvgIpc) is 2.94.